The first-order valence-electron chi connectivity index (χ1n) is 8.02. The zero-order chi connectivity index (χ0) is 14.4. The standard InChI is InChI=1S/C17H22N2O2/c20-12-9-14(18-10-12)16(21)19-11-17(7-3-4-8-17)13-5-1-2-6-15(13)19/h1-2,5-6,12,14,18,20H,3-4,7-11H2/t12-,14-/m1/s1. The van der Waals surface area contributed by atoms with Crippen LogP contribution in [0.25, 0.3) is 0 Å². The molecule has 1 saturated carbocycles. The van der Waals surface area contributed by atoms with Crippen LogP contribution in [0.5, 0.6) is 0 Å². The average molecular weight is 286 g/mol. The van der Waals surface area contributed by atoms with Crippen molar-refractivity contribution in [1.29, 1.82) is 0 Å². The highest BCUT2D eigenvalue weighted by atomic mass is 16.3. The Balaban J connectivity index is 1.66. The molecule has 1 aromatic rings. The summed E-state index contributed by atoms with van der Waals surface area (Å²) in [5.41, 5.74) is 2.63. The quantitative estimate of drug-likeness (QED) is 0.824. The lowest BCUT2D eigenvalue weighted by atomic mass is 9.81. The van der Waals surface area contributed by atoms with Gasteiger partial charge in [-0.2, -0.15) is 0 Å². The van der Waals surface area contributed by atoms with Crippen molar-refractivity contribution in [3.05, 3.63) is 29.8 Å². The third-order valence-corrected chi connectivity index (χ3v) is 5.46. The number of carbonyl (C=O) groups excluding carboxylic acids is 1. The molecule has 2 fully saturated rings. The van der Waals surface area contributed by atoms with Gasteiger partial charge in [-0.05, 0) is 30.9 Å². The van der Waals surface area contributed by atoms with Gasteiger partial charge in [-0.15, -0.1) is 0 Å². The van der Waals surface area contributed by atoms with E-state index in [-0.39, 0.29) is 17.4 Å². The Kier molecular flexibility index (Phi) is 3.05. The van der Waals surface area contributed by atoms with Crippen molar-refractivity contribution >= 4 is 11.6 Å². The van der Waals surface area contributed by atoms with E-state index in [1.807, 2.05) is 11.0 Å². The predicted octanol–water partition coefficient (Wildman–Crippen LogP) is 1.57. The molecule has 3 aliphatic rings. The van der Waals surface area contributed by atoms with Crippen molar-refractivity contribution < 1.29 is 9.90 Å². The number of fused-ring (bicyclic) bond motifs is 2. The Morgan fingerprint density at radius 2 is 2.05 bits per heavy atom. The van der Waals surface area contributed by atoms with Crippen LogP contribution in [0, 0.1) is 0 Å². The number of anilines is 1. The molecular weight excluding hydrogens is 264 g/mol. The summed E-state index contributed by atoms with van der Waals surface area (Å²) in [6.07, 6.45) is 5.04. The zero-order valence-corrected chi connectivity index (χ0v) is 12.2. The number of benzene rings is 1. The number of para-hydroxylation sites is 1. The molecule has 0 aromatic heterocycles. The SMILES string of the molecule is O=C([C@H]1C[C@@H](O)CN1)N1CC2(CCCC2)c2ccccc21. The van der Waals surface area contributed by atoms with Gasteiger partial charge in [-0.25, -0.2) is 0 Å². The van der Waals surface area contributed by atoms with Gasteiger partial charge >= 0.3 is 0 Å². The van der Waals surface area contributed by atoms with Gasteiger partial charge in [-0.1, -0.05) is 31.0 Å². The van der Waals surface area contributed by atoms with Crippen LogP contribution in [-0.2, 0) is 10.2 Å². The molecule has 4 nitrogen and oxygen atoms in total. The summed E-state index contributed by atoms with van der Waals surface area (Å²) in [4.78, 5) is 14.8. The zero-order valence-electron chi connectivity index (χ0n) is 12.2. The second kappa shape index (κ2) is 4.82. The van der Waals surface area contributed by atoms with E-state index in [1.165, 1.54) is 31.2 Å². The van der Waals surface area contributed by atoms with Gasteiger partial charge in [0.1, 0.15) is 0 Å². The molecule has 112 valence electrons. The highest BCUT2D eigenvalue weighted by molar-refractivity contribution is 6.00. The van der Waals surface area contributed by atoms with Crippen molar-refractivity contribution in [3.8, 4) is 0 Å². The van der Waals surface area contributed by atoms with Crippen LogP contribution in [0.3, 0.4) is 0 Å². The maximum absolute atomic E-state index is 12.8. The van der Waals surface area contributed by atoms with E-state index in [9.17, 15) is 9.90 Å². The van der Waals surface area contributed by atoms with Crippen LogP contribution >= 0.6 is 0 Å². The first-order chi connectivity index (χ1) is 10.2. The third kappa shape index (κ3) is 2.00. The smallest absolute Gasteiger partial charge is 0.244 e. The molecular formula is C17H22N2O2. The number of hydrogen-bond donors (Lipinski definition) is 2. The van der Waals surface area contributed by atoms with E-state index in [4.69, 9.17) is 0 Å². The minimum absolute atomic E-state index is 0.128. The molecule has 0 unspecified atom stereocenters. The Morgan fingerprint density at radius 1 is 1.29 bits per heavy atom. The van der Waals surface area contributed by atoms with E-state index < -0.39 is 6.10 Å². The minimum Gasteiger partial charge on any atom is -0.392 e. The average Bonchev–Trinajstić information content (AvgIpc) is 3.20. The van der Waals surface area contributed by atoms with Crippen molar-refractivity contribution in [3.63, 3.8) is 0 Å². The van der Waals surface area contributed by atoms with E-state index in [0.29, 0.717) is 13.0 Å². The number of rotatable bonds is 1. The normalized spacial score (nSPS) is 30.0. The van der Waals surface area contributed by atoms with Crippen molar-refractivity contribution in [2.45, 2.75) is 49.7 Å². The summed E-state index contributed by atoms with van der Waals surface area (Å²) < 4.78 is 0. The summed E-state index contributed by atoms with van der Waals surface area (Å²) >= 11 is 0. The van der Waals surface area contributed by atoms with Crippen LogP contribution < -0.4 is 10.2 Å². The van der Waals surface area contributed by atoms with Crippen LogP contribution in [0.1, 0.15) is 37.7 Å². The molecule has 4 rings (SSSR count). The Labute approximate surface area is 125 Å². The molecule has 1 spiro atoms. The molecule has 0 radical (unpaired) electrons. The van der Waals surface area contributed by atoms with Gasteiger partial charge in [0, 0.05) is 24.2 Å². The van der Waals surface area contributed by atoms with Crippen molar-refractivity contribution in [2.24, 2.45) is 0 Å². The first kappa shape index (κ1) is 13.3. The number of carbonyl (C=O) groups is 1. The Bertz CT molecular complexity index is 566. The van der Waals surface area contributed by atoms with Crippen LogP contribution in [0.15, 0.2) is 24.3 Å². The molecule has 4 heteroatoms. The number of β-amino-alcohol motifs (C(OH)–C–C–N with tert-alkyl or cyclic N) is 1. The van der Waals surface area contributed by atoms with Gasteiger partial charge in [0.25, 0.3) is 0 Å². The molecule has 1 aromatic carbocycles. The highest BCUT2D eigenvalue weighted by Gasteiger charge is 2.47. The fraction of sp³-hybridized carbons (Fsp3) is 0.588. The molecule has 1 amide bonds. The van der Waals surface area contributed by atoms with E-state index in [0.717, 1.165) is 12.2 Å². The first-order valence-corrected chi connectivity index (χ1v) is 8.02. The number of amides is 1. The Morgan fingerprint density at radius 3 is 2.76 bits per heavy atom. The van der Waals surface area contributed by atoms with Gasteiger partial charge in [0.15, 0.2) is 0 Å². The van der Waals surface area contributed by atoms with Crippen LogP contribution in [0.4, 0.5) is 5.69 Å². The van der Waals surface area contributed by atoms with E-state index >= 15 is 0 Å². The van der Waals surface area contributed by atoms with E-state index in [2.05, 4.69) is 23.5 Å². The summed E-state index contributed by atoms with van der Waals surface area (Å²) in [6.45, 7) is 1.34. The van der Waals surface area contributed by atoms with Gasteiger partial charge in [0.2, 0.25) is 5.91 Å². The van der Waals surface area contributed by atoms with Crippen molar-refractivity contribution in [2.75, 3.05) is 18.0 Å². The summed E-state index contributed by atoms with van der Waals surface area (Å²) in [5.74, 6) is 0.128. The number of aliphatic hydroxyl groups is 1. The maximum Gasteiger partial charge on any atom is 0.244 e. The number of nitrogens with zero attached hydrogens (tertiary/aromatic N) is 1. The molecule has 2 N–H and O–H groups in total. The molecule has 0 bridgehead atoms. The molecule has 2 aliphatic heterocycles. The number of aliphatic hydroxyl groups excluding tert-OH is 1. The molecule has 21 heavy (non-hydrogen) atoms. The van der Waals surface area contributed by atoms with Crippen LogP contribution in [0.2, 0.25) is 0 Å². The second-order valence-electron chi connectivity index (χ2n) is 6.78. The van der Waals surface area contributed by atoms with Crippen molar-refractivity contribution in [1.82, 2.24) is 5.32 Å². The monoisotopic (exact) mass is 286 g/mol. The minimum atomic E-state index is -0.391. The Hall–Kier alpha value is -1.39. The van der Waals surface area contributed by atoms with Gasteiger partial charge in [0.05, 0.1) is 12.1 Å². The maximum atomic E-state index is 12.8. The highest BCUT2D eigenvalue weighted by Crippen LogP contribution is 2.50. The van der Waals surface area contributed by atoms with Gasteiger partial charge < -0.3 is 15.3 Å². The van der Waals surface area contributed by atoms with Crippen LogP contribution in [-0.4, -0.2) is 36.2 Å². The predicted molar refractivity (Wildman–Crippen MR) is 81.4 cm³/mol. The fourth-order valence-electron chi connectivity index (χ4n) is 4.40. The molecule has 1 aliphatic carbocycles. The lowest BCUT2D eigenvalue weighted by Gasteiger charge is -2.26. The van der Waals surface area contributed by atoms with E-state index in [1.54, 1.807) is 0 Å². The molecule has 2 atom stereocenters. The number of hydrogen-bond acceptors (Lipinski definition) is 3. The van der Waals surface area contributed by atoms with Gasteiger partial charge in [-0.3, -0.25) is 4.79 Å². The lowest BCUT2D eigenvalue weighted by molar-refractivity contribution is -0.120. The molecule has 2 heterocycles. The fourth-order valence-corrected chi connectivity index (χ4v) is 4.40. The molecule has 1 saturated heterocycles. The summed E-state index contributed by atoms with van der Waals surface area (Å²) in [6, 6.07) is 8.15. The largest absolute Gasteiger partial charge is 0.392 e. The third-order valence-electron chi connectivity index (χ3n) is 5.46. The topological polar surface area (TPSA) is 52.6 Å². The summed E-state index contributed by atoms with van der Waals surface area (Å²) in [5, 5.41) is 12.8. The lowest BCUT2D eigenvalue weighted by Crippen LogP contribution is -2.45. The number of nitrogens with one attached hydrogen (secondary N) is 1. The summed E-state index contributed by atoms with van der Waals surface area (Å²) in [7, 11) is 0. The second-order valence-corrected chi connectivity index (χ2v) is 6.78.